The lowest BCUT2D eigenvalue weighted by Crippen LogP contribution is -2.67. The Kier molecular flexibility index (Phi) is 4.50. The molecule has 0 bridgehead atoms. The molecule has 1 aromatic rings. The number of aliphatic hydroxyl groups excluding tert-OH is 1. The largest absolute Gasteiger partial charge is 0.479 e. The number of benzene rings is 1. The molecule has 0 radical (unpaired) electrons. The molecule has 1 aliphatic rings. The highest BCUT2D eigenvalue weighted by Gasteiger charge is 2.66. The number of hydrogen-bond acceptors (Lipinski definition) is 5. The van der Waals surface area contributed by atoms with Crippen molar-refractivity contribution in [3.63, 3.8) is 0 Å². The van der Waals surface area contributed by atoms with Crippen LogP contribution in [0.2, 0.25) is 0 Å². The van der Waals surface area contributed by atoms with Crippen molar-refractivity contribution in [2.24, 2.45) is 5.92 Å². The summed E-state index contributed by atoms with van der Waals surface area (Å²) in [6.45, 7) is 0.241. The van der Waals surface area contributed by atoms with Crippen LogP contribution in [0.1, 0.15) is 12.5 Å². The minimum Gasteiger partial charge on any atom is -0.479 e. The zero-order valence-electron chi connectivity index (χ0n) is 12.2. The third kappa shape index (κ3) is 2.47. The maximum Gasteiger partial charge on any atom is 0.335 e. The van der Waals surface area contributed by atoms with Gasteiger partial charge < -0.3 is 25.4 Å². The van der Waals surface area contributed by atoms with Crippen LogP contribution in [0.4, 0.5) is 0 Å². The van der Waals surface area contributed by atoms with Gasteiger partial charge in [0.15, 0.2) is 5.54 Å². The molecule has 120 valence electrons. The number of rotatable bonds is 6. The van der Waals surface area contributed by atoms with Gasteiger partial charge in [-0.1, -0.05) is 37.3 Å². The van der Waals surface area contributed by atoms with Gasteiger partial charge in [-0.15, -0.1) is 0 Å². The second-order valence-corrected chi connectivity index (χ2v) is 5.48. The molecule has 3 atom stereocenters. The highest BCUT2D eigenvalue weighted by molar-refractivity contribution is 5.95. The molecule has 2 rings (SSSR count). The van der Waals surface area contributed by atoms with Crippen molar-refractivity contribution in [3.8, 4) is 0 Å². The molecule has 0 unspecified atom stereocenters. The van der Waals surface area contributed by atoms with Crippen LogP contribution in [-0.2, 0) is 20.9 Å². The predicted molar refractivity (Wildman–Crippen MR) is 75.8 cm³/mol. The smallest absolute Gasteiger partial charge is 0.335 e. The number of ether oxygens (including phenoxy) is 1. The van der Waals surface area contributed by atoms with Crippen LogP contribution < -0.4 is 5.32 Å². The second kappa shape index (κ2) is 6.04. The summed E-state index contributed by atoms with van der Waals surface area (Å²) in [5.41, 5.74) is -3.36. The van der Waals surface area contributed by atoms with Crippen LogP contribution in [0.15, 0.2) is 30.3 Å². The van der Waals surface area contributed by atoms with E-state index in [1.165, 1.54) is 6.92 Å². The standard InChI is InChI=1S/C15H19NO6/c1-10-12(18)16-14(8-17,13(19)20)15(10,21)9-22-7-11-5-3-2-4-6-11/h2-6,10,17,21H,7-9H2,1H3,(H,16,18)(H,19,20)/t10-,14+,15-/m1/s1. The van der Waals surface area contributed by atoms with Gasteiger partial charge in [-0.3, -0.25) is 4.79 Å². The molecule has 7 nitrogen and oxygen atoms in total. The number of carbonyl (C=O) groups is 2. The Morgan fingerprint density at radius 1 is 1.36 bits per heavy atom. The van der Waals surface area contributed by atoms with Gasteiger partial charge in [0.25, 0.3) is 0 Å². The molecule has 1 heterocycles. The lowest BCUT2D eigenvalue weighted by molar-refractivity contribution is -0.170. The molecule has 7 heteroatoms. The Morgan fingerprint density at radius 3 is 2.55 bits per heavy atom. The average Bonchev–Trinajstić information content (AvgIpc) is 2.70. The quantitative estimate of drug-likeness (QED) is 0.564. The van der Waals surface area contributed by atoms with Crippen LogP contribution in [-0.4, -0.2) is 51.5 Å². The van der Waals surface area contributed by atoms with Crippen molar-refractivity contribution < 1.29 is 29.6 Å². The van der Waals surface area contributed by atoms with Gasteiger partial charge in [0.1, 0.15) is 5.60 Å². The molecule has 1 fully saturated rings. The number of carboxylic acids is 1. The maximum atomic E-state index is 11.8. The van der Waals surface area contributed by atoms with Crippen LogP contribution in [0.3, 0.4) is 0 Å². The first-order valence-electron chi connectivity index (χ1n) is 6.88. The van der Waals surface area contributed by atoms with E-state index in [1.54, 1.807) is 0 Å². The number of aliphatic hydroxyl groups is 2. The highest BCUT2D eigenvalue weighted by Crippen LogP contribution is 2.37. The van der Waals surface area contributed by atoms with Crippen molar-refractivity contribution in [2.45, 2.75) is 24.7 Å². The Bertz CT molecular complexity index is 562. The molecule has 22 heavy (non-hydrogen) atoms. The van der Waals surface area contributed by atoms with Gasteiger partial charge in [0, 0.05) is 0 Å². The molecule has 1 saturated heterocycles. The molecule has 1 aromatic carbocycles. The van der Waals surface area contributed by atoms with Gasteiger partial charge >= 0.3 is 5.97 Å². The Balaban J connectivity index is 2.17. The summed E-state index contributed by atoms with van der Waals surface area (Å²) < 4.78 is 5.42. The summed E-state index contributed by atoms with van der Waals surface area (Å²) in [4.78, 5) is 23.3. The Labute approximate surface area is 127 Å². The number of amides is 1. The van der Waals surface area contributed by atoms with E-state index in [1.807, 2.05) is 30.3 Å². The van der Waals surface area contributed by atoms with E-state index in [4.69, 9.17) is 4.74 Å². The normalized spacial score (nSPS) is 31.0. The fourth-order valence-electron chi connectivity index (χ4n) is 2.64. The van der Waals surface area contributed by atoms with Crippen molar-refractivity contribution in [3.05, 3.63) is 35.9 Å². The van der Waals surface area contributed by atoms with Crippen LogP contribution in [0.5, 0.6) is 0 Å². The second-order valence-electron chi connectivity index (χ2n) is 5.48. The summed E-state index contributed by atoms with van der Waals surface area (Å²) in [5.74, 6) is -3.16. The van der Waals surface area contributed by atoms with E-state index < -0.39 is 42.1 Å². The van der Waals surface area contributed by atoms with E-state index >= 15 is 0 Å². The summed E-state index contributed by atoms with van der Waals surface area (Å²) in [6, 6.07) is 9.14. The van der Waals surface area contributed by atoms with Gasteiger partial charge in [-0.05, 0) is 5.56 Å². The molecule has 1 aliphatic heterocycles. The van der Waals surface area contributed by atoms with E-state index in [-0.39, 0.29) is 6.61 Å². The van der Waals surface area contributed by atoms with E-state index in [0.717, 1.165) is 5.56 Å². The van der Waals surface area contributed by atoms with E-state index in [9.17, 15) is 24.9 Å². The van der Waals surface area contributed by atoms with Crippen molar-refractivity contribution >= 4 is 11.9 Å². The monoisotopic (exact) mass is 309 g/mol. The number of carboxylic acid groups (broad SMARTS) is 1. The summed E-state index contributed by atoms with van der Waals surface area (Å²) in [7, 11) is 0. The first-order valence-corrected chi connectivity index (χ1v) is 6.88. The summed E-state index contributed by atoms with van der Waals surface area (Å²) in [5, 5.41) is 31.8. The molecular weight excluding hydrogens is 290 g/mol. The SMILES string of the molecule is C[C@@H]1C(=O)N[C@@](CO)(C(=O)O)[C@@]1(O)COCc1ccccc1. The van der Waals surface area contributed by atoms with Crippen molar-refractivity contribution in [1.82, 2.24) is 5.32 Å². The molecular formula is C15H19NO6. The van der Waals surface area contributed by atoms with Crippen LogP contribution in [0, 0.1) is 5.92 Å². The lowest BCUT2D eigenvalue weighted by atomic mass is 9.77. The van der Waals surface area contributed by atoms with Crippen molar-refractivity contribution in [1.29, 1.82) is 0 Å². The van der Waals surface area contributed by atoms with Crippen molar-refractivity contribution in [2.75, 3.05) is 13.2 Å². The number of carbonyl (C=O) groups excluding carboxylic acids is 1. The zero-order chi connectivity index (χ0) is 16.4. The minimum atomic E-state index is -2.17. The third-order valence-electron chi connectivity index (χ3n) is 4.22. The lowest BCUT2D eigenvalue weighted by Gasteiger charge is -2.38. The molecule has 4 N–H and O–H groups in total. The average molecular weight is 309 g/mol. The number of hydrogen-bond donors (Lipinski definition) is 4. The van der Waals surface area contributed by atoms with Gasteiger partial charge in [-0.25, -0.2) is 4.79 Å². The number of nitrogens with one attached hydrogen (secondary N) is 1. The Morgan fingerprint density at radius 2 is 2.00 bits per heavy atom. The van der Waals surface area contributed by atoms with Gasteiger partial charge in [0.05, 0.1) is 25.7 Å². The number of aliphatic carboxylic acids is 1. The highest BCUT2D eigenvalue weighted by atomic mass is 16.5. The van der Waals surface area contributed by atoms with E-state index in [0.29, 0.717) is 0 Å². The predicted octanol–water partition coefficient (Wildman–Crippen LogP) is -0.484. The van der Waals surface area contributed by atoms with Crippen LogP contribution in [0.25, 0.3) is 0 Å². The fraction of sp³-hybridized carbons (Fsp3) is 0.467. The summed E-state index contributed by atoms with van der Waals surface area (Å²) >= 11 is 0. The topological polar surface area (TPSA) is 116 Å². The molecule has 0 saturated carbocycles. The van der Waals surface area contributed by atoms with Gasteiger partial charge in [-0.2, -0.15) is 0 Å². The molecule has 0 spiro atoms. The Hall–Kier alpha value is -1.96. The van der Waals surface area contributed by atoms with Crippen LogP contribution >= 0.6 is 0 Å². The first kappa shape index (κ1) is 16.4. The molecule has 0 aliphatic carbocycles. The van der Waals surface area contributed by atoms with E-state index in [2.05, 4.69) is 5.32 Å². The molecule has 0 aromatic heterocycles. The summed E-state index contributed by atoms with van der Waals surface area (Å²) in [6.07, 6.45) is 0. The van der Waals surface area contributed by atoms with Gasteiger partial charge in [0.2, 0.25) is 5.91 Å². The zero-order valence-corrected chi connectivity index (χ0v) is 12.2. The maximum absolute atomic E-state index is 11.8. The third-order valence-corrected chi connectivity index (χ3v) is 4.22. The fourth-order valence-corrected chi connectivity index (χ4v) is 2.64. The molecule has 1 amide bonds. The minimum absolute atomic E-state index is 0.158. The first-order chi connectivity index (χ1) is 10.4.